The van der Waals surface area contributed by atoms with Crippen LogP contribution >= 0.6 is 0 Å². The first-order valence-electron chi connectivity index (χ1n) is 12.4. The van der Waals surface area contributed by atoms with Crippen LogP contribution in [0.5, 0.6) is 11.5 Å². The van der Waals surface area contributed by atoms with Gasteiger partial charge in [0.1, 0.15) is 23.7 Å². The summed E-state index contributed by atoms with van der Waals surface area (Å²) >= 11 is 0. The first-order valence-corrected chi connectivity index (χ1v) is 12.4. The van der Waals surface area contributed by atoms with Crippen molar-refractivity contribution in [3.63, 3.8) is 0 Å². The van der Waals surface area contributed by atoms with E-state index in [2.05, 4.69) is 0 Å². The van der Waals surface area contributed by atoms with Crippen LogP contribution in [0.1, 0.15) is 62.7 Å². The fourth-order valence-corrected chi connectivity index (χ4v) is 5.71. The third-order valence-corrected chi connectivity index (χ3v) is 7.76. The highest BCUT2D eigenvalue weighted by atomic mass is 16.7. The van der Waals surface area contributed by atoms with Gasteiger partial charge in [-0.05, 0) is 19.1 Å². The number of carbonyl (C=O) groups excluding carboxylic acids is 3. The summed E-state index contributed by atoms with van der Waals surface area (Å²) in [6, 6.07) is 4.82. The fourth-order valence-electron chi connectivity index (χ4n) is 5.71. The lowest BCUT2D eigenvalue weighted by atomic mass is 9.71. The van der Waals surface area contributed by atoms with Gasteiger partial charge in [-0.1, -0.05) is 12.1 Å². The number of ketones is 3. The molecule has 39 heavy (non-hydrogen) atoms. The van der Waals surface area contributed by atoms with Gasteiger partial charge in [0.2, 0.25) is 0 Å². The van der Waals surface area contributed by atoms with Gasteiger partial charge in [0.15, 0.2) is 29.4 Å². The van der Waals surface area contributed by atoms with E-state index < -0.39 is 78.5 Å². The number of phenols is 1. The van der Waals surface area contributed by atoms with Crippen LogP contribution < -0.4 is 10.5 Å². The van der Waals surface area contributed by atoms with E-state index in [-0.39, 0.29) is 45.6 Å². The van der Waals surface area contributed by atoms with Gasteiger partial charge < -0.3 is 45.5 Å². The average Bonchev–Trinajstić information content (AvgIpc) is 2.89. The monoisotopic (exact) mass is 543 g/mol. The molecule has 3 aliphatic rings. The van der Waals surface area contributed by atoms with Gasteiger partial charge >= 0.3 is 0 Å². The number of nitrogens with two attached hydrogens (primary N) is 1. The summed E-state index contributed by atoms with van der Waals surface area (Å²) in [4.78, 5) is 39.7. The molecule has 2 aromatic carbocycles. The lowest BCUT2D eigenvalue weighted by molar-refractivity contribution is -0.339. The molecule has 5 rings (SSSR count). The predicted molar refractivity (Wildman–Crippen MR) is 131 cm³/mol. The van der Waals surface area contributed by atoms with E-state index in [9.17, 15) is 39.9 Å². The van der Waals surface area contributed by atoms with E-state index >= 15 is 0 Å². The van der Waals surface area contributed by atoms with Crippen molar-refractivity contribution >= 4 is 17.3 Å². The van der Waals surface area contributed by atoms with Crippen LogP contribution in [0.3, 0.4) is 0 Å². The summed E-state index contributed by atoms with van der Waals surface area (Å²) < 4.78 is 16.8. The minimum atomic E-state index is -2.55. The molecule has 0 saturated carbocycles. The summed E-state index contributed by atoms with van der Waals surface area (Å²) in [5.74, 6) is -5.54. The smallest absolute Gasteiger partial charge is 0.198 e. The number of rotatable bonds is 5. The van der Waals surface area contributed by atoms with Gasteiger partial charge in [0.05, 0.1) is 30.4 Å². The van der Waals surface area contributed by atoms with Gasteiger partial charge in [-0.3, -0.25) is 14.4 Å². The highest BCUT2D eigenvalue weighted by Crippen LogP contribution is 2.49. The average molecular weight is 544 g/mol. The molecule has 1 fully saturated rings. The molecule has 1 heterocycles. The van der Waals surface area contributed by atoms with Crippen molar-refractivity contribution < 1.29 is 54.1 Å². The van der Waals surface area contributed by atoms with Crippen LogP contribution in [-0.4, -0.2) is 86.7 Å². The number of fused-ring (bicyclic) bond motifs is 3. The third-order valence-electron chi connectivity index (χ3n) is 7.76. The van der Waals surface area contributed by atoms with E-state index in [4.69, 9.17) is 19.9 Å². The summed E-state index contributed by atoms with van der Waals surface area (Å²) in [5, 5.41) is 54.0. The quantitative estimate of drug-likeness (QED) is 0.223. The Hall–Kier alpha value is -3.23. The molecule has 1 aliphatic heterocycles. The highest BCUT2D eigenvalue weighted by Gasteiger charge is 2.54. The number of methoxy groups -OCH3 is 1. The lowest BCUT2D eigenvalue weighted by Gasteiger charge is -2.46. The molecule has 6 atom stereocenters. The first kappa shape index (κ1) is 27.3. The minimum Gasteiger partial charge on any atom is -0.507 e. The number of phenolic OH excluding ortho intramolecular Hbond substituents is 1. The summed E-state index contributed by atoms with van der Waals surface area (Å²) in [5.41, 5.74) is 2.55. The SMILES string of the molecule is COc1cccc2c1C(=O)c1cc3c(c(O)c1C2=O)C[C@@](O)(C(=O)CO)C[C@]3(O)O[C@H]1C[C@H](N)[C@H](O)[C@H](C)O1. The number of Topliss-reactive ketones (excluding diaryl/α,β-unsaturated/α-hetero) is 1. The maximum absolute atomic E-state index is 13.6. The molecule has 2 aliphatic carbocycles. The number of carbonyl (C=O) groups is 3. The van der Waals surface area contributed by atoms with E-state index in [0.717, 1.165) is 0 Å². The molecule has 0 spiro atoms. The second kappa shape index (κ2) is 9.45. The predicted octanol–water partition coefficient (Wildman–Crippen LogP) is -0.600. The van der Waals surface area contributed by atoms with Crippen molar-refractivity contribution in [2.45, 2.75) is 62.1 Å². The molecule has 0 amide bonds. The van der Waals surface area contributed by atoms with Gasteiger partial charge in [0.25, 0.3) is 0 Å². The van der Waals surface area contributed by atoms with Gasteiger partial charge in [0, 0.05) is 47.6 Å². The Morgan fingerprint density at radius 1 is 1.18 bits per heavy atom. The van der Waals surface area contributed by atoms with E-state index in [1.165, 1.54) is 31.4 Å². The van der Waals surface area contributed by atoms with Crippen LogP contribution in [0.25, 0.3) is 0 Å². The third kappa shape index (κ3) is 4.16. The maximum atomic E-state index is 13.6. The van der Waals surface area contributed by atoms with Crippen LogP contribution in [0, 0.1) is 0 Å². The van der Waals surface area contributed by atoms with Crippen LogP contribution in [0.2, 0.25) is 0 Å². The number of hydrogen-bond acceptors (Lipinski definition) is 12. The highest BCUT2D eigenvalue weighted by molar-refractivity contribution is 6.30. The molecule has 0 radical (unpaired) electrons. The molecular weight excluding hydrogens is 514 g/mol. The fraction of sp³-hybridized carbons (Fsp3) is 0.444. The van der Waals surface area contributed by atoms with E-state index in [1.807, 2.05) is 0 Å². The lowest BCUT2D eigenvalue weighted by Crippen LogP contribution is -2.57. The topological polar surface area (TPSA) is 206 Å². The zero-order valence-corrected chi connectivity index (χ0v) is 21.2. The van der Waals surface area contributed by atoms with Crippen LogP contribution in [-0.2, 0) is 26.5 Å². The van der Waals surface area contributed by atoms with Crippen molar-refractivity contribution in [1.82, 2.24) is 0 Å². The Bertz CT molecular complexity index is 1380. The number of aliphatic hydroxyl groups is 4. The Morgan fingerprint density at radius 3 is 2.51 bits per heavy atom. The van der Waals surface area contributed by atoms with E-state index in [1.54, 1.807) is 6.92 Å². The number of ether oxygens (including phenoxy) is 3. The number of aliphatic hydroxyl groups excluding tert-OH is 2. The van der Waals surface area contributed by atoms with Gasteiger partial charge in [-0.15, -0.1) is 0 Å². The second-order valence-electron chi connectivity index (χ2n) is 10.2. The Kier molecular flexibility index (Phi) is 6.63. The molecule has 208 valence electrons. The van der Waals surface area contributed by atoms with Crippen molar-refractivity contribution in [2.75, 3.05) is 13.7 Å². The van der Waals surface area contributed by atoms with Crippen LogP contribution in [0.15, 0.2) is 24.3 Å². The zero-order chi connectivity index (χ0) is 28.4. The van der Waals surface area contributed by atoms with Crippen molar-refractivity contribution in [3.05, 3.63) is 57.6 Å². The van der Waals surface area contributed by atoms with Gasteiger partial charge in [-0.25, -0.2) is 0 Å². The molecule has 0 unspecified atom stereocenters. The molecule has 0 bridgehead atoms. The summed E-state index contributed by atoms with van der Waals surface area (Å²) in [6.45, 7) is 0.466. The maximum Gasteiger partial charge on any atom is 0.198 e. The molecular formula is C27H29NO11. The number of aromatic hydroxyl groups is 1. The molecule has 1 saturated heterocycles. The molecule has 12 heteroatoms. The molecule has 2 aromatic rings. The molecule has 7 N–H and O–H groups in total. The normalized spacial score (nSPS) is 31.8. The van der Waals surface area contributed by atoms with E-state index in [0.29, 0.717) is 0 Å². The van der Waals surface area contributed by atoms with Crippen molar-refractivity contribution in [2.24, 2.45) is 5.73 Å². The Labute approximate surface area is 222 Å². The summed E-state index contributed by atoms with van der Waals surface area (Å²) in [6.07, 6.45) is -4.48. The van der Waals surface area contributed by atoms with Gasteiger partial charge in [-0.2, -0.15) is 0 Å². The Morgan fingerprint density at radius 2 is 1.87 bits per heavy atom. The second-order valence-corrected chi connectivity index (χ2v) is 10.2. The van der Waals surface area contributed by atoms with Crippen LogP contribution in [0.4, 0.5) is 0 Å². The Balaban J connectivity index is 1.69. The minimum absolute atomic E-state index is 0.0109. The largest absolute Gasteiger partial charge is 0.507 e. The zero-order valence-electron chi connectivity index (χ0n) is 21.2. The molecule has 12 nitrogen and oxygen atoms in total. The van der Waals surface area contributed by atoms with Crippen molar-refractivity contribution in [3.8, 4) is 11.5 Å². The number of benzene rings is 2. The first-order chi connectivity index (χ1) is 18.3. The molecule has 0 aromatic heterocycles. The standard InChI is InChI=1S/C27H29NO11/c1-11-22(31)16(28)7-19(38-11)39-27(36)10-26(35,18(30)9-29)8-14-15(27)6-13-21(25(14)34)23(32)12-4-3-5-17(37-2)20(12)24(13)33/h3-6,11,16,19,22,29,31,34-36H,7-10,28H2,1-2H3/t11-,16-,19-,22+,26-,27-/m0/s1. The van der Waals surface area contributed by atoms with Crippen molar-refractivity contribution in [1.29, 1.82) is 0 Å². The summed E-state index contributed by atoms with van der Waals surface area (Å²) in [7, 11) is 1.34. The number of hydrogen-bond donors (Lipinski definition) is 6.